The van der Waals surface area contributed by atoms with Gasteiger partial charge in [-0.2, -0.15) is 13.2 Å². The van der Waals surface area contributed by atoms with Gasteiger partial charge < -0.3 is 19.4 Å². The summed E-state index contributed by atoms with van der Waals surface area (Å²) in [6, 6.07) is 8.42. The molecule has 0 aliphatic carbocycles. The minimum Gasteiger partial charge on any atom is -0.497 e. The molecular weight excluding hydrogens is 535 g/mol. The Bertz CT molecular complexity index is 1400. The lowest BCUT2D eigenvalue weighted by Gasteiger charge is -2.34. The molecule has 0 bridgehead atoms. The lowest BCUT2D eigenvalue weighted by atomic mass is 10.1. The molecule has 1 aliphatic rings. The molecule has 0 spiro atoms. The number of hydrogen-bond acceptors (Lipinski definition) is 7. The number of hydrogen-bond donors (Lipinski definition) is 1. The van der Waals surface area contributed by atoms with Crippen molar-refractivity contribution in [2.24, 2.45) is 0 Å². The van der Waals surface area contributed by atoms with Crippen molar-refractivity contribution in [2.45, 2.75) is 33.1 Å². The van der Waals surface area contributed by atoms with E-state index in [2.05, 4.69) is 10.2 Å². The molecule has 1 fully saturated rings. The number of aryl methyl sites for hydroxylation is 2. The number of alkyl halides is 3. The van der Waals surface area contributed by atoms with Crippen molar-refractivity contribution in [3.05, 3.63) is 84.6 Å². The van der Waals surface area contributed by atoms with Crippen LogP contribution >= 0.6 is 11.3 Å². The molecule has 1 saturated heterocycles. The van der Waals surface area contributed by atoms with Crippen molar-refractivity contribution in [1.29, 1.82) is 0 Å². The molecule has 3 heterocycles. The minimum atomic E-state index is -4.58. The number of benzene rings is 1. The predicted octanol–water partition coefficient (Wildman–Crippen LogP) is 4.23. The first kappa shape index (κ1) is 28.4. The van der Waals surface area contributed by atoms with Crippen LogP contribution in [0.25, 0.3) is 0 Å². The van der Waals surface area contributed by atoms with Crippen LogP contribution in [0.2, 0.25) is 0 Å². The van der Waals surface area contributed by atoms with Gasteiger partial charge in [-0.1, -0.05) is 6.07 Å². The lowest BCUT2D eigenvalue weighted by Crippen LogP contribution is -2.48. The van der Waals surface area contributed by atoms with Gasteiger partial charge in [0.1, 0.15) is 11.5 Å². The Morgan fingerprint density at radius 3 is 2.44 bits per heavy atom. The van der Waals surface area contributed by atoms with E-state index in [4.69, 9.17) is 9.15 Å². The van der Waals surface area contributed by atoms with Crippen LogP contribution in [-0.4, -0.2) is 54.9 Å². The number of nitrogens with one attached hydrogen (secondary N) is 1. The number of thiophene rings is 1. The first-order valence-electron chi connectivity index (χ1n) is 12.2. The molecule has 12 heteroatoms. The number of carbonyl (C=O) groups excluding carboxylic acids is 2. The molecule has 4 rings (SSSR count). The molecule has 1 aliphatic heterocycles. The van der Waals surface area contributed by atoms with Gasteiger partial charge in [0.15, 0.2) is 0 Å². The van der Waals surface area contributed by atoms with Crippen molar-refractivity contribution in [3.63, 3.8) is 0 Å². The molecule has 0 radical (unpaired) electrons. The summed E-state index contributed by atoms with van der Waals surface area (Å²) in [5.41, 5.74) is -0.393. The van der Waals surface area contributed by atoms with Crippen molar-refractivity contribution in [3.8, 4) is 5.75 Å². The summed E-state index contributed by atoms with van der Waals surface area (Å²) < 4.78 is 50.3. The highest BCUT2D eigenvalue weighted by atomic mass is 32.1. The van der Waals surface area contributed by atoms with E-state index >= 15 is 0 Å². The van der Waals surface area contributed by atoms with Gasteiger partial charge in [0.05, 0.1) is 23.1 Å². The zero-order valence-electron chi connectivity index (χ0n) is 21.7. The summed E-state index contributed by atoms with van der Waals surface area (Å²) >= 11 is 1.28. The molecule has 0 atom stereocenters. The molecule has 2 aromatic heterocycles. The third-order valence-electron chi connectivity index (χ3n) is 6.53. The summed E-state index contributed by atoms with van der Waals surface area (Å²) in [5.74, 6) is -0.234. The summed E-state index contributed by atoms with van der Waals surface area (Å²) in [5, 5.41) is 2.57. The van der Waals surface area contributed by atoms with E-state index in [1.165, 1.54) is 36.6 Å². The second-order valence-corrected chi connectivity index (χ2v) is 10.4. The average Bonchev–Trinajstić information content (AvgIpc) is 3.35. The Kier molecular flexibility index (Phi) is 8.45. The van der Waals surface area contributed by atoms with Crippen molar-refractivity contribution < 1.29 is 31.9 Å². The molecule has 8 nitrogen and oxygen atoms in total. The highest BCUT2D eigenvalue weighted by molar-refractivity contribution is 7.14. The summed E-state index contributed by atoms with van der Waals surface area (Å²) in [6.45, 7) is 5.87. The quantitative estimate of drug-likeness (QED) is 0.463. The van der Waals surface area contributed by atoms with E-state index in [9.17, 15) is 27.6 Å². The van der Waals surface area contributed by atoms with Crippen LogP contribution in [-0.2, 0) is 19.3 Å². The first-order chi connectivity index (χ1) is 18.5. The molecule has 0 unspecified atom stereocenters. The number of methoxy groups -OCH3 is 1. The van der Waals surface area contributed by atoms with Gasteiger partial charge in [-0.3, -0.25) is 14.5 Å². The van der Waals surface area contributed by atoms with E-state index in [-0.39, 0.29) is 23.8 Å². The van der Waals surface area contributed by atoms with Gasteiger partial charge in [0, 0.05) is 50.2 Å². The molecule has 2 amide bonds. The normalized spacial score (nSPS) is 14.4. The standard InChI is InChI=1S/C27H28F3N3O5S/c1-16-12-23(34)38-17(2)24(16)26(36)33-10-8-32(9-11-33)15-20-6-7-22(39-20)25(35)31-14-18-4-5-19(37-3)13-21(18)27(28,29)30/h4-7,12-13H,8-11,14-15H2,1-3H3,(H,31,35). The van der Waals surface area contributed by atoms with Gasteiger partial charge in [-0.05, 0) is 49.2 Å². The molecule has 1 aromatic carbocycles. The number of halogens is 3. The fraction of sp³-hybridized carbons (Fsp3) is 0.370. The second kappa shape index (κ2) is 11.6. The number of piperazine rings is 1. The maximum atomic E-state index is 13.4. The molecular formula is C27H28F3N3O5S. The third kappa shape index (κ3) is 6.69. The number of amides is 2. The van der Waals surface area contributed by atoms with Crippen LogP contribution in [0, 0.1) is 13.8 Å². The highest BCUT2D eigenvalue weighted by Gasteiger charge is 2.34. The third-order valence-corrected chi connectivity index (χ3v) is 7.60. The Morgan fingerprint density at radius 1 is 1.08 bits per heavy atom. The summed E-state index contributed by atoms with van der Waals surface area (Å²) in [7, 11) is 1.29. The Morgan fingerprint density at radius 2 is 1.79 bits per heavy atom. The van der Waals surface area contributed by atoms with Gasteiger partial charge in [0.2, 0.25) is 0 Å². The predicted molar refractivity (Wildman–Crippen MR) is 139 cm³/mol. The SMILES string of the molecule is COc1ccc(CNC(=O)c2ccc(CN3CCN(C(=O)c4c(C)cc(=O)oc4C)CC3)s2)c(C(F)(F)F)c1. The van der Waals surface area contributed by atoms with Gasteiger partial charge >= 0.3 is 11.8 Å². The minimum absolute atomic E-state index is 0.0520. The van der Waals surface area contributed by atoms with E-state index in [0.717, 1.165) is 10.9 Å². The zero-order valence-corrected chi connectivity index (χ0v) is 22.5. The van der Waals surface area contributed by atoms with Gasteiger partial charge in [-0.15, -0.1) is 11.3 Å². The number of rotatable bonds is 7. The van der Waals surface area contributed by atoms with Crippen molar-refractivity contribution in [2.75, 3.05) is 33.3 Å². The van der Waals surface area contributed by atoms with E-state index in [1.807, 2.05) is 6.07 Å². The molecule has 3 aromatic rings. The molecule has 39 heavy (non-hydrogen) atoms. The molecule has 208 valence electrons. The maximum absolute atomic E-state index is 13.4. The van der Waals surface area contributed by atoms with Crippen LogP contribution in [0.1, 0.15) is 47.4 Å². The van der Waals surface area contributed by atoms with Crippen LogP contribution in [0.5, 0.6) is 5.75 Å². The topological polar surface area (TPSA) is 92.1 Å². The van der Waals surface area contributed by atoms with Crippen molar-refractivity contribution >= 4 is 23.2 Å². The summed E-state index contributed by atoms with van der Waals surface area (Å²) in [4.78, 5) is 42.4. The summed E-state index contributed by atoms with van der Waals surface area (Å²) in [6.07, 6.45) is -4.58. The molecule has 1 N–H and O–H groups in total. The molecule has 0 saturated carbocycles. The Hall–Kier alpha value is -3.64. The average molecular weight is 564 g/mol. The van der Waals surface area contributed by atoms with E-state index in [1.54, 1.807) is 24.8 Å². The van der Waals surface area contributed by atoms with Crippen molar-refractivity contribution in [1.82, 2.24) is 15.1 Å². The Labute approximate surface area is 227 Å². The number of ether oxygens (including phenoxy) is 1. The van der Waals surface area contributed by atoms with E-state index < -0.39 is 23.3 Å². The fourth-order valence-corrected chi connectivity index (χ4v) is 5.48. The first-order valence-corrected chi connectivity index (χ1v) is 13.0. The second-order valence-electron chi connectivity index (χ2n) is 9.22. The lowest BCUT2D eigenvalue weighted by molar-refractivity contribution is -0.138. The largest absolute Gasteiger partial charge is 0.497 e. The van der Waals surface area contributed by atoms with Crippen LogP contribution in [0.3, 0.4) is 0 Å². The fourth-order valence-electron chi connectivity index (χ4n) is 4.51. The van der Waals surface area contributed by atoms with Crippen LogP contribution in [0.15, 0.2) is 45.6 Å². The van der Waals surface area contributed by atoms with Crippen LogP contribution < -0.4 is 15.7 Å². The number of carbonyl (C=O) groups is 2. The van der Waals surface area contributed by atoms with Gasteiger partial charge in [-0.25, -0.2) is 4.79 Å². The Balaban J connectivity index is 1.32. The number of nitrogens with zero attached hydrogens (tertiary/aromatic N) is 2. The zero-order chi connectivity index (χ0) is 28.3. The monoisotopic (exact) mass is 563 g/mol. The van der Waals surface area contributed by atoms with E-state index in [0.29, 0.717) is 54.5 Å². The van der Waals surface area contributed by atoms with Crippen LogP contribution in [0.4, 0.5) is 13.2 Å². The maximum Gasteiger partial charge on any atom is 0.416 e. The highest BCUT2D eigenvalue weighted by Crippen LogP contribution is 2.34. The van der Waals surface area contributed by atoms with Gasteiger partial charge in [0.25, 0.3) is 11.8 Å². The smallest absolute Gasteiger partial charge is 0.416 e.